The Morgan fingerprint density at radius 1 is 1.12 bits per heavy atom. The normalized spacial score (nSPS) is 10.6. The fourth-order valence-corrected chi connectivity index (χ4v) is 3.47. The minimum absolute atomic E-state index is 0.338. The Balaban J connectivity index is 1.86. The number of benzene rings is 2. The first kappa shape index (κ1) is 17.0. The summed E-state index contributed by atoms with van der Waals surface area (Å²) in [5.41, 5.74) is 3.58. The number of nitrogens with zero attached hydrogens (tertiary/aromatic N) is 1. The number of hydrogen-bond acceptors (Lipinski definition) is 4. The lowest BCUT2D eigenvalue weighted by molar-refractivity contribution is 0.0526. The highest BCUT2D eigenvalue weighted by Crippen LogP contribution is 2.32. The van der Waals surface area contributed by atoms with Gasteiger partial charge in [-0.15, -0.1) is 11.3 Å². The average Bonchev–Trinajstić information content (AvgIpc) is 3.05. The number of rotatable bonds is 4. The average molecular weight is 378 g/mol. The molecule has 0 atom stereocenters. The molecule has 0 aliphatic heterocycles. The van der Waals surface area contributed by atoms with Crippen LogP contribution in [0.3, 0.4) is 0 Å². The van der Waals surface area contributed by atoms with Gasteiger partial charge in [-0.2, -0.15) is 0 Å². The van der Waals surface area contributed by atoms with Crippen LogP contribution in [-0.2, 0) is 4.74 Å². The molecule has 3 nitrogen and oxygen atoms in total. The molecule has 0 saturated heterocycles. The van der Waals surface area contributed by atoms with Gasteiger partial charge in [-0.05, 0) is 24.6 Å². The second-order valence-electron chi connectivity index (χ2n) is 4.96. The lowest BCUT2D eigenvalue weighted by atomic mass is 10.0. The van der Waals surface area contributed by atoms with E-state index in [2.05, 4.69) is 4.98 Å². The van der Waals surface area contributed by atoms with Gasteiger partial charge in [0.2, 0.25) is 5.01 Å². The predicted molar refractivity (Wildman–Crippen MR) is 99.0 cm³/mol. The van der Waals surface area contributed by atoms with Crippen LogP contribution >= 0.6 is 34.5 Å². The van der Waals surface area contributed by atoms with Crippen LogP contribution in [0.25, 0.3) is 22.4 Å². The van der Waals surface area contributed by atoms with Crippen LogP contribution in [0.2, 0.25) is 10.0 Å². The van der Waals surface area contributed by atoms with E-state index in [1.165, 1.54) is 11.3 Å². The van der Waals surface area contributed by atoms with Gasteiger partial charge in [0, 0.05) is 26.6 Å². The van der Waals surface area contributed by atoms with E-state index >= 15 is 0 Å². The van der Waals surface area contributed by atoms with Gasteiger partial charge in [0.15, 0.2) is 0 Å². The van der Waals surface area contributed by atoms with Gasteiger partial charge >= 0.3 is 5.97 Å². The molecule has 2 aromatic carbocycles. The molecule has 3 aromatic rings. The number of ether oxygens (including phenoxy) is 1. The lowest BCUT2D eigenvalue weighted by Gasteiger charge is -2.06. The third-order valence-electron chi connectivity index (χ3n) is 3.38. The molecule has 0 amide bonds. The first-order chi connectivity index (χ1) is 11.6. The van der Waals surface area contributed by atoms with Crippen molar-refractivity contribution in [1.82, 2.24) is 4.98 Å². The van der Waals surface area contributed by atoms with E-state index in [0.29, 0.717) is 21.7 Å². The van der Waals surface area contributed by atoms with Crippen molar-refractivity contribution in [3.8, 4) is 22.4 Å². The van der Waals surface area contributed by atoms with Crippen LogP contribution in [0.4, 0.5) is 0 Å². The maximum Gasteiger partial charge on any atom is 0.367 e. The number of esters is 1. The fourth-order valence-electron chi connectivity index (χ4n) is 2.24. The highest BCUT2D eigenvalue weighted by Gasteiger charge is 2.13. The van der Waals surface area contributed by atoms with E-state index in [9.17, 15) is 4.79 Å². The monoisotopic (exact) mass is 377 g/mol. The zero-order valence-electron chi connectivity index (χ0n) is 12.8. The maximum absolute atomic E-state index is 11.7. The van der Waals surface area contributed by atoms with Crippen molar-refractivity contribution in [2.75, 3.05) is 6.61 Å². The number of halogens is 2. The number of carbonyl (C=O) groups is 1. The fraction of sp³-hybridized carbons (Fsp3) is 0.111. The van der Waals surface area contributed by atoms with Crippen molar-refractivity contribution in [2.45, 2.75) is 6.92 Å². The smallest absolute Gasteiger partial charge is 0.367 e. The largest absolute Gasteiger partial charge is 0.461 e. The minimum Gasteiger partial charge on any atom is -0.461 e. The molecule has 0 unspecified atom stereocenters. The zero-order chi connectivity index (χ0) is 17.1. The topological polar surface area (TPSA) is 39.2 Å². The maximum atomic E-state index is 11.7. The van der Waals surface area contributed by atoms with Gasteiger partial charge in [-0.25, -0.2) is 9.78 Å². The van der Waals surface area contributed by atoms with Crippen molar-refractivity contribution in [3.05, 3.63) is 62.9 Å². The Hall–Kier alpha value is -1.88. The molecular weight excluding hydrogens is 365 g/mol. The van der Waals surface area contributed by atoms with Crippen LogP contribution < -0.4 is 0 Å². The van der Waals surface area contributed by atoms with E-state index in [4.69, 9.17) is 27.9 Å². The Kier molecular flexibility index (Phi) is 5.19. The van der Waals surface area contributed by atoms with E-state index in [0.717, 1.165) is 22.4 Å². The van der Waals surface area contributed by atoms with Gasteiger partial charge in [0.1, 0.15) is 0 Å². The molecule has 3 rings (SSSR count). The Bertz CT molecular complexity index is 875. The Labute approximate surface area is 153 Å². The van der Waals surface area contributed by atoms with Crippen LogP contribution in [0.15, 0.2) is 47.8 Å². The molecule has 0 N–H and O–H groups in total. The number of carbonyl (C=O) groups excluding carboxylic acids is 1. The summed E-state index contributed by atoms with van der Waals surface area (Å²) >= 11 is 13.4. The van der Waals surface area contributed by atoms with Crippen LogP contribution in [0.1, 0.15) is 16.7 Å². The standard InChI is InChI=1S/C18H13Cl2NO2S/c1-2-23-18(22)17-21-16(10-24-17)12-5-3-11(4-6-12)14-8-7-13(19)9-15(14)20/h3-10H,2H2,1H3. The van der Waals surface area contributed by atoms with E-state index < -0.39 is 5.97 Å². The molecule has 0 fully saturated rings. The highest BCUT2D eigenvalue weighted by molar-refractivity contribution is 7.11. The molecule has 24 heavy (non-hydrogen) atoms. The summed E-state index contributed by atoms with van der Waals surface area (Å²) in [6.07, 6.45) is 0. The second kappa shape index (κ2) is 7.34. The quantitative estimate of drug-likeness (QED) is 0.526. The molecular formula is C18H13Cl2NO2S. The molecule has 0 bridgehead atoms. The molecule has 0 radical (unpaired) electrons. The summed E-state index contributed by atoms with van der Waals surface area (Å²) < 4.78 is 4.96. The van der Waals surface area contributed by atoms with Gasteiger partial charge in [-0.1, -0.05) is 53.5 Å². The summed E-state index contributed by atoms with van der Waals surface area (Å²) in [5.74, 6) is -0.390. The van der Waals surface area contributed by atoms with Crippen LogP contribution in [0.5, 0.6) is 0 Å². The molecule has 0 aliphatic rings. The van der Waals surface area contributed by atoms with E-state index in [-0.39, 0.29) is 0 Å². The summed E-state index contributed by atoms with van der Waals surface area (Å²) in [6, 6.07) is 13.2. The van der Waals surface area contributed by atoms with Crippen LogP contribution in [-0.4, -0.2) is 17.6 Å². The van der Waals surface area contributed by atoms with Crippen molar-refractivity contribution in [3.63, 3.8) is 0 Å². The number of hydrogen-bond donors (Lipinski definition) is 0. The third kappa shape index (κ3) is 3.61. The molecule has 6 heteroatoms. The van der Waals surface area contributed by atoms with Gasteiger partial charge in [-0.3, -0.25) is 0 Å². The number of aromatic nitrogens is 1. The van der Waals surface area contributed by atoms with Crippen molar-refractivity contribution >= 4 is 40.5 Å². The molecule has 0 spiro atoms. The van der Waals surface area contributed by atoms with Crippen molar-refractivity contribution < 1.29 is 9.53 Å². The highest BCUT2D eigenvalue weighted by atomic mass is 35.5. The third-order valence-corrected chi connectivity index (χ3v) is 4.75. The zero-order valence-corrected chi connectivity index (χ0v) is 15.1. The molecule has 0 aliphatic carbocycles. The first-order valence-electron chi connectivity index (χ1n) is 7.27. The lowest BCUT2D eigenvalue weighted by Crippen LogP contribution is -2.03. The number of thiazole rings is 1. The predicted octanol–water partition coefficient (Wildman–Crippen LogP) is 5.96. The second-order valence-corrected chi connectivity index (χ2v) is 6.66. The Morgan fingerprint density at radius 2 is 1.83 bits per heavy atom. The SMILES string of the molecule is CCOC(=O)c1nc(-c2ccc(-c3ccc(Cl)cc3Cl)cc2)cs1. The van der Waals surface area contributed by atoms with E-state index in [1.54, 1.807) is 13.0 Å². The van der Waals surface area contributed by atoms with Crippen LogP contribution in [0, 0.1) is 0 Å². The molecule has 1 aromatic heterocycles. The molecule has 0 saturated carbocycles. The van der Waals surface area contributed by atoms with Crippen molar-refractivity contribution in [1.29, 1.82) is 0 Å². The summed E-state index contributed by atoms with van der Waals surface area (Å²) in [7, 11) is 0. The molecule has 1 heterocycles. The van der Waals surface area contributed by atoms with Crippen molar-refractivity contribution in [2.24, 2.45) is 0 Å². The first-order valence-corrected chi connectivity index (χ1v) is 8.90. The minimum atomic E-state index is -0.390. The van der Waals surface area contributed by atoms with Gasteiger partial charge < -0.3 is 4.74 Å². The van der Waals surface area contributed by atoms with Gasteiger partial charge in [0.25, 0.3) is 0 Å². The summed E-state index contributed by atoms with van der Waals surface area (Å²) in [5, 5.41) is 3.41. The summed E-state index contributed by atoms with van der Waals surface area (Å²) in [6.45, 7) is 2.11. The summed E-state index contributed by atoms with van der Waals surface area (Å²) in [4.78, 5) is 16.0. The van der Waals surface area contributed by atoms with E-state index in [1.807, 2.05) is 41.8 Å². The Morgan fingerprint density at radius 3 is 2.50 bits per heavy atom. The van der Waals surface area contributed by atoms with Gasteiger partial charge in [0.05, 0.1) is 12.3 Å². The molecule has 122 valence electrons.